The van der Waals surface area contributed by atoms with Crippen molar-refractivity contribution < 1.29 is 17.9 Å². The lowest BCUT2D eigenvalue weighted by Crippen LogP contribution is -2.11. The van der Waals surface area contributed by atoms with E-state index in [1.807, 2.05) is 17.6 Å². The molecule has 0 radical (unpaired) electrons. The first-order valence-electron chi connectivity index (χ1n) is 9.87. The second kappa shape index (κ2) is 9.12. The molecule has 0 aliphatic heterocycles. The molecule has 3 aromatic rings. The lowest BCUT2D eigenvalue weighted by molar-refractivity contribution is 0.281. The van der Waals surface area contributed by atoms with Gasteiger partial charge in [0.2, 0.25) is 0 Å². The predicted molar refractivity (Wildman–Crippen MR) is 117 cm³/mol. The Morgan fingerprint density at radius 2 is 1.70 bits per heavy atom. The average molecular weight is 431 g/mol. The van der Waals surface area contributed by atoms with Gasteiger partial charge in [0.25, 0.3) is 0 Å². The summed E-state index contributed by atoms with van der Waals surface area (Å²) in [5.41, 5.74) is 10.8. The van der Waals surface area contributed by atoms with Gasteiger partial charge in [-0.05, 0) is 79.8 Å². The molecule has 3 rings (SSSR count). The Bertz CT molecular complexity index is 1100. The first-order valence-corrected chi connectivity index (χ1v) is 11.8. The van der Waals surface area contributed by atoms with Gasteiger partial charge in [-0.1, -0.05) is 12.1 Å². The van der Waals surface area contributed by atoms with Gasteiger partial charge in [0.1, 0.15) is 5.82 Å². The van der Waals surface area contributed by atoms with Gasteiger partial charge < -0.3 is 15.4 Å². The van der Waals surface area contributed by atoms with Crippen molar-refractivity contribution in [2.45, 2.75) is 37.1 Å². The maximum atomic E-state index is 13.5. The lowest BCUT2D eigenvalue weighted by atomic mass is 10.0. The van der Waals surface area contributed by atoms with E-state index in [-0.39, 0.29) is 23.4 Å². The molecule has 30 heavy (non-hydrogen) atoms. The molecular formula is C23H27FN2O3S. The van der Waals surface area contributed by atoms with E-state index in [4.69, 9.17) is 10.8 Å². The minimum atomic E-state index is -3.29. The van der Waals surface area contributed by atoms with Crippen molar-refractivity contribution in [2.24, 2.45) is 5.73 Å². The van der Waals surface area contributed by atoms with Crippen LogP contribution in [0.4, 0.5) is 4.39 Å². The molecule has 1 unspecified atom stereocenters. The Hall–Kier alpha value is -2.48. The fraction of sp³-hybridized carbons (Fsp3) is 0.304. The Balaban J connectivity index is 2.10. The SMILES string of the molecule is Cc1c(C(N)CCCCO)cc(-c2ccc(S(C)(=O)=O)cc2)n1-c1ccc(F)cc1. The van der Waals surface area contributed by atoms with Crippen LogP contribution in [0.1, 0.15) is 36.6 Å². The van der Waals surface area contributed by atoms with Crippen molar-refractivity contribution in [3.63, 3.8) is 0 Å². The molecule has 0 spiro atoms. The normalized spacial score (nSPS) is 12.8. The summed E-state index contributed by atoms with van der Waals surface area (Å²) < 4.78 is 39.1. The Morgan fingerprint density at radius 1 is 1.07 bits per heavy atom. The fourth-order valence-corrected chi connectivity index (χ4v) is 4.27. The number of hydrogen-bond donors (Lipinski definition) is 2. The van der Waals surface area contributed by atoms with E-state index in [9.17, 15) is 12.8 Å². The zero-order valence-electron chi connectivity index (χ0n) is 17.2. The van der Waals surface area contributed by atoms with Crippen LogP contribution in [0.3, 0.4) is 0 Å². The topological polar surface area (TPSA) is 85.3 Å². The largest absolute Gasteiger partial charge is 0.396 e. The molecule has 0 bridgehead atoms. The highest BCUT2D eigenvalue weighted by Gasteiger charge is 2.19. The molecular weight excluding hydrogens is 403 g/mol. The Morgan fingerprint density at radius 3 is 2.27 bits per heavy atom. The van der Waals surface area contributed by atoms with Crippen LogP contribution in [-0.4, -0.2) is 31.0 Å². The third kappa shape index (κ3) is 4.80. The number of rotatable bonds is 8. The molecule has 2 aromatic carbocycles. The zero-order chi connectivity index (χ0) is 21.9. The summed E-state index contributed by atoms with van der Waals surface area (Å²) in [6.45, 7) is 2.11. The molecule has 1 heterocycles. The standard InChI is InChI=1S/C23H27FN2O3S/c1-16-21(22(25)5-3-4-14-27)15-23(26(16)19-10-8-18(24)9-11-19)17-6-12-20(13-7-17)30(2,28)29/h6-13,15,22,27H,3-5,14,25H2,1-2H3. The molecule has 0 saturated carbocycles. The van der Waals surface area contributed by atoms with Crippen molar-refractivity contribution in [3.8, 4) is 16.9 Å². The molecule has 0 amide bonds. The summed E-state index contributed by atoms with van der Waals surface area (Å²) in [4.78, 5) is 0.254. The van der Waals surface area contributed by atoms with Crippen molar-refractivity contribution in [1.29, 1.82) is 0 Å². The number of nitrogens with zero attached hydrogens (tertiary/aromatic N) is 1. The molecule has 0 saturated heterocycles. The fourth-order valence-electron chi connectivity index (χ4n) is 3.64. The number of sulfone groups is 1. The summed E-state index contributed by atoms with van der Waals surface area (Å²) in [5.74, 6) is -0.316. The molecule has 7 heteroatoms. The number of nitrogens with two attached hydrogens (primary N) is 1. The van der Waals surface area contributed by atoms with Crippen LogP contribution in [-0.2, 0) is 9.84 Å². The molecule has 1 aromatic heterocycles. The number of unbranched alkanes of at least 4 members (excludes halogenated alkanes) is 1. The van der Waals surface area contributed by atoms with Crippen LogP contribution in [0.2, 0.25) is 0 Å². The number of aromatic nitrogens is 1. The molecule has 3 N–H and O–H groups in total. The van der Waals surface area contributed by atoms with Crippen molar-refractivity contribution in [2.75, 3.05) is 12.9 Å². The van der Waals surface area contributed by atoms with E-state index >= 15 is 0 Å². The highest BCUT2D eigenvalue weighted by molar-refractivity contribution is 7.90. The molecule has 0 fully saturated rings. The van der Waals surface area contributed by atoms with E-state index in [1.165, 1.54) is 18.4 Å². The summed E-state index contributed by atoms with van der Waals surface area (Å²) in [5, 5.41) is 9.03. The number of aliphatic hydroxyl groups is 1. The highest BCUT2D eigenvalue weighted by atomic mass is 32.2. The van der Waals surface area contributed by atoms with E-state index in [0.29, 0.717) is 6.42 Å². The molecule has 1 atom stereocenters. The maximum absolute atomic E-state index is 13.5. The van der Waals surface area contributed by atoms with Crippen molar-refractivity contribution in [1.82, 2.24) is 4.57 Å². The lowest BCUT2D eigenvalue weighted by Gasteiger charge is -2.14. The minimum Gasteiger partial charge on any atom is -0.396 e. The monoisotopic (exact) mass is 430 g/mol. The second-order valence-electron chi connectivity index (χ2n) is 7.50. The van der Waals surface area contributed by atoms with Crippen molar-refractivity contribution in [3.05, 3.63) is 71.7 Å². The number of aliphatic hydroxyl groups excluding tert-OH is 1. The number of benzene rings is 2. The maximum Gasteiger partial charge on any atom is 0.175 e. The molecule has 5 nitrogen and oxygen atoms in total. The zero-order valence-corrected chi connectivity index (χ0v) is 18.0. The number of hydrogen-bond acceptors (Lipinski definition) is 4. The van der Waals surface area contributed by atoms with Gasteiger partial charge in [0.15, 0.2) is 9.84 Å². The van der Waals surface area contributed by atoms with Crippen LogP contribution < -0.4 is 5.73 Å². The Kier molecular flexibility index (Phi) is 6.75. The van der Waals surface area contributed by atoms with Crippen LogP contribution in [0.15, 0.2) is 59.5 Å². The third-order valence-electron chi connectivity index (χ3n) is 5.27. The van der Waals surface area contributed by atoms with Crippen LogP contribution in [0.5, 0.6) is 0 Å². The predicted octanol–water partition coefficient (Wildman–Crippen LogP) is 4.16. The summed E-state index contributed by atoms with van der Waals surface area (Å²) in [6.07, 6.45) is 3.43. The van der Waals surface area contributed by atoms with Crippen LogP contribution in [0.25, 0.3) is 16.9 Å². The average Bonchev–Trinajstić information content (AvgIpc) is 3.05. The highest BCUT2D eigenvalue weighted by Crippen LogP contribution is 2.33. The van der Waals surface area contributed by atoms with E-state index in [2.05, 4.69) is 0 Å². The summed E-state index contributed by atoms with van der Waals surface area (Å²) >= 11 is 0. The van der Waals surface area contributed by atoms with Gasteiger partial charge in [0.05, 0.1) is 10.6 Å². The smallest absolute Gasteiger partial charge is 0.175 e. The second-order valence-corrected chi connectivity index (χ2v) is 9.52. The summed E-state index contributed by atoms with van der Waals surface area (Å²) in [7, 11) is -3.29. The Labute approximate surface area is 176 Å². The van der Waals surface area contributed by atoms with Crippen LogP contribution in [0, 0.1) is 12.7 Å². The molecule has 160 valence electrons. The van der Waals surface area contributed by atoms with Gasteiger partial charge in [-0.2, -0.15) is 0 Å². The first-order chi connectivity index (χ1) is 14.2. The minimum absolute atomic E-state index is 0.139. The molecule has 0 aliphatic carbocycles. The van der Waals surface area contributed by atoms with Crippen LogP contribution >= 0.6 is 0 Å². The first kappa shape index (κ1) is 22.2. The van der Waals surface area contributed by atoms with Gasteiger partial charge in [-0.25, -0.2) is 12.8 Å². The van der Waals surface area contributed by atoms with Crippen molar-refractivity contribution >= 4 is 9.84 Å². The number of halogens is 1. The quantitative estimate of drug-likeness (QED) is 0.526. The summed E-state index contributed by atoms with van der Waals surface area (Å²) in [6, 6.07) is 14.8. The van der Waals surface area contributed by atoms with Gasteiger partial charge in [-0.15, -0.1) is 0 Å². The van der Waals surface area contributed by atoms with Gasteiger partial charge in [-0.3, -0.25) is 0 Å². The van der Waals surface area contributed by atoms with Gasteiger partial charge in [0, 0.05) is 30.3 Å². The van der Waals surface area contributed by atoms with Gasteiger partial charge >= 0.3 is 0 Å². The van der Waals surface area contributed by atoms with E-state index in [1.54, 1.807) is 36.4 Å². The van der Waals surface area contributed by atoms with E-state index < -0.39 is 9.84 Å². The van der Waals surface area contributed by atoms with E-state index in [0.717, 1.165) is 41.0 Å². The third-order valence-corrected chi connectivity index (χ3v) is 6.40. The molecule has 0 aliphatic rings.